The first kappa shape index (κ1) is 12.5. The third-order valence-electron chi connectivity index (χ3n) is 2.32. The average Bonchev–Trinajstić information content (AvgIpc) is 2.77. The topological polar surface area (TPSA) is 37.8 Å². The molecule has 0 bridgehead atoms. The van der Waals surface area contributed by atoms with E-state index >= 15 is 0 Å². The highest BCUT2D eigenvalue weighted by molar-refractivity contribution is 9.10. The fourth-order valence-electron chi connectivity index (χ4n) is 1.32. The van der Waals surface area contributed by atoms with Gasteiger partial charge in [0.05, 0.1) is 0 Å². The van der Waals surface area contributed by atoms with Crippen molar-refractivity contribution in [2.24, 2.45) is 0 Å². The lowest BCUT2D eigenvalue weighted by molar-refractivity contribution is 0.799. The smallest absolute Gasteiger partial charge is 0.202 e. The first-order chi connectivity index (χ1) is 8.15. The molecule has 0 aliphatic rings. The summed E-state index contributed by atoms with van der Waals surface area (Å²) < 4.78 is 5.40. The van der Waals surface area contributed by atoms with E-state index in [-0.39, 0.29) is 0 Å². The third kappa shape index (κ3) is 3.51. The lowest BCUT2D eigenvalue weighted by Gasteiger charge is -2.02. The maximum Gasteiger partial charge on any atom is 0.202 e. The summed E-state index contributed by atoms with van der Waals surface area (Å²) in [6.07, 6.45) is 0. The average molecular weight is 312 g/mol. The molecule has 1 aromatic carbocycles. The molecule has 1 aromatic heterocycles. The third-order valence-corrected chi connectivity index (χ3v) is 3.53. The number of nitrogens with zero attached hydrogens (tertiary/aromatic N) is 2. The Morgan fingerprint density at radius 2 is 2.00 bits per heavy atom. The van der Waals surface area contributed by atoms with Crippen molar-refractivity contribution < 1.29 is 0 Å². The standard InChI is InChI=1S/C12H14BrN3S/c1-8(2)11-15-12(17-16-11)14-7-9-3-5-10(13)6-4-9/h3-6,8H,7H2,1-2H3,(H,14,15,16). The van der Waals surface area contributed by atoms with Gasteiger partial charge in [-0.1, -0.05) is 41.9 Å². The lowest BCUT2D eigenvalue weighted by atomic mass is 10.2. The second-order valence-corrected chi connectivity index (χ2v) is 5.76. The van der Waals surface area contributed by atoms with E-state index in [9.17, 15) is 0 Å². The van der Waals surface area contributed by atoms with Crippen LogP contribution in [0.2, 0.25) is 0 Å². The van der Waals surface area contributed by atoms with E-state index in [2.05, 4.69) is 56.6 Å². The number of hydrogen-bond donors (Lipinski definition) is 1. The zero-order valence-electron chi connectivity index (χ0n) is 9.77. The van der Waals surface area contributed by atoms with E-state index in [1.165, 1.54) is 17.1 Å². The molecule has 0 amide bonds. The van der Waals surface area contributed by atoms with E-state index in [0.717, 1.165) is 22.0 Å². The molecule has 3 nitrogen and oxygen atoms in total. The first-order valence-electron chi connectivity index (χ1n) is 5.47. The molecule has 0 fully saturated rings. The Morgan fingerprint density at radius 3 is 2.59 bits per heavy atom. The highest BCUT2D eigenvalue weighted by atomic mass is 79.9. The van der Waals surface area contributed by atoms with Crippen LogP contribution in [0.5, 0.6) is 0 Å². The molecule has 0 aliphatic heterocycles. The van der Waals surface area contributed by atoms with Gasteiger partial charge in [0.15, 0.2) is 0 Å². The van der Waals surface area contributed by atoms with Crippen LogP contribution >= 0.6 is 27.5 Å². The highest BCUT2D eigenvalue weighted by Crippen LogP contribution is 2.18. The van der Waals surface area contributed by atoms with Crippen LogP contribution < -0.4 is 5.32 Å². The summed E-state index contributed by atoms with van der Waals surface area (Å²) in [4.78, 5) is 4.43. The molecule has 90 valence electrons. The molecule has 2 rings (SSSR count). The summed E-state index contributed by atoms with van der Waals surface area (Å²) in [6.45, 7) is 4.97. The molecule has 0 spiro atoms. The lowest BCUT2D eigenvalue weighted by Crippen LogP contribution is -1.99. The summed E-state index contributed by atoms with van der Waals surface area (Å²) >= 11 is 4.84. The number of halogens is 1. The van der Waals surface area contributed by atoms with Crippen molar-refractivity contribution in [1.82, 2.24) is 9.36 Å². The summed E-state index contributed by atoms with van der Waals surface area (Å²) in [7, 11) is 0. The minimum Gasteiger partial charge on any atom is -0.356 e. The van der Waals surface area contributed by atoms with Gasteiger partial charge in [0.25, 0.3) is 0 Å². The summed E-state index contributed by atoms with van der Waals surface area (Å²) in [6, 6.07) is 8.25. The highest BCUT2D eigenvalue weighted by Gasteiger charge is 2.06. The summed E-state index contributed by atoms with van der Waals surface area (Å²) in [5, 5.41) is 4.17. The van der Waals surface area contributed by atoms with Gasteiger partial charge in [0.1, 0.15) is 5.82 Å². The van der Waals surface area contributed by atoms with Gasteiger partial charge in [-0.15, -0.1) is 0 Å². The molecule has 0 aliphatic carbocycles. The second-order valence-electron chi connectivity index (χ2n) is 4.09. The van der Waals surface area contributed by atoms with Crippen molar-refractivity contribution >= 4 is 32.6 Å². The Morgan fingerprint density at radius 1 is 1.29 bits per heavy atom. The number of anilines is 1. The zero-order chi connectivity index (χ0) is 12.3. The van der Waals surface area contributed by atoms with Crippen molar-refractivity contribution in [3.05, 3.63) is 40.1 Å². The predicted octanol–water partition coefficient (Wildman–Crippen LogP) is 4.04. The zero-order valence-corrected chi connectivity index (χ0v) is 12.2. The largest absolute Gasteiger partial charge is 0.356 e. The van der Waals surface area contributed by atoms with E-state index in [4.69, 9.17) is 0 Å². The van der Waals surface area contributed by atoms with E-state index in [0.29, 0.717) is 5.92 Å². The van der Waals surface area contributed by atoms with Crippen LogP contribution in [0.3, 0.4) is 0 Å². The molecule has 1 N–H and O–H groups in total. The number of nitrogens with one attached hydrogen (secondary N) is 1. The minimum atomic E-state index is 0.384. The number of aromatic nitrogens is 2. The van der Waals surface area contributed by atoms with Crippen LogP contribution in [0.15, 0.2) is 28.7 Å². The van der Waals surface area contributed by atoms with Crippen molar-refractivity contribution in [2.45, 2.75) is 26.3 Å². The first-order valence-corrected chi connectivity index (χ1v) is 7.03. The number of rotatable bonds is 4. The van der Waals surface area contributed by atoms with Gasteiger partial charge in [0, 0.05) is 28.5 Å². The molecular weight excluding hydrogens is 298 g/mol. The van der Waals surface area contributed by atoms with Crippen molar-refractivity contribution in [3.63, 3.8) is 0 Å². The Hall–Kier alpha value is -0.940. The molecule has 1 heterocycles. The fraction of sp³-hybridized carbons (Fsp3) is 0.333. The summed E-state index contributed by atoms with van der Waals surface area (Å²) in [5.41, 5.74) is 1.23. The Labute approximate surface area is 114 Å². The molecule has 0 saturated carbocycles. The van der Waals surface area contributed by atoms with Gasteiger partial charge >= 0.3 is 0 Å². The van der Waals surface area contributed by atoms with Crippen molar-refractivity contribution in [2.75, 3.05) is 5.32 Å². The molecule has 17 heavy (non-hydrogen) atoms. The van der Waals surface area contributed by atoms with Gasteiger partial charge in [-0.2, -0.15) is 4.37 Å². The molecule has 2 aromatic rings. The van der Waals surface area contributed by atoms with Crippen LogP contribution in [-0.4, -0.2) is 9.36 Å². The van der Waals surface area contributed by atoms with Gasteiger partial charge in [0.2, 0.25) is 5.13 Å². The normalized spacial score (nSPS) is 10.8. The quantitative estimate of drug-likeness (QED) is 0.926. The van der Waals surface area contributed by atoms with Crippen molar-refractivity contribution in [3.8, 4) is 0 Å². The maximum absolute atomic E-state index is 4.43. The van der Waals surface area contributed by atoms with Crippen LogP contribution in [0.25, 0.3) is 0 Å². The van der Waals surface area contributed by atoms with E-state index < -0.39 is 0 Å². The minimum absolute atomic E-state index is 0.384. The molecule has 5 heteroatoms. The molecular formula is C12H14BrN3S. The fourth-order valence-corrected chi connectivity index (χ4v) is 2.29. The van der Waals surface area contributed by atoms with E-state index in [1.807, 2.05) is 12.1 Å². The molecule has 0 unspecified atom stereocenters. The number of benzene rings is 1. The van der Waals surface area contributed by atoms with Crippen LogP contribution in [-0.2, 0) is 6.54 Å². The Balaban J connectivity index is 1.95. The molecule has 0 saturated heterocycles. The SMILES string of the molecule is CC(C)c1nsc(NCc2ccc(Br)cc2)n1. The van der Waals surface area contributed by atoms with E-state index in [1.54, 1.807) is 0 Å². The predicted molar refractivity (Wildman–Crippen MR) is 75.5 cm³/mol. The molecule has 0 atom stereocenters. The van der Waals surface area contributed by atoms with Gasteiger partial charge in [-0.25, -0.2) is 4.98 Å². The van der Waals surface area contributed by atoms with Crippen LogP contribution in [0.4, 0.5) is 5.13 Å². The van der Waals surface area contributed by atoms with Gasteiger partial charge in [-0.05, 0) is 17.7 Å². The van der Waals surface area contributed by atoms with Gasteiger partial charge in [-0.3, -0.25) is 0 Å². The van der Waals surface area contributed by atoms with Crippen LogP contribution in [0.1, 0.15) is 31.2 Å². The summed E-state index contributed by atoms with van der Waals surface area (Å²) in [5.74, 6) is 1.29. The van der Waals surface area contributed by atoms with Crippen molar-refractivity contribution in [1.29, 1.82) is 0 Å². The number of hydrogen-bond acceptors (Lipinski definition) is 4. The molecule has 0 radical (unpaired) electrons. The Kier molecular flexibility index (Phi) is 4.12. The van der Waals surface area contributed by atoms with Crippen LogP contribution in [0, 0.1) is 0 Å². The van der Waals surface area contributed by atoms with Gasteiger partial charge < -0.3 is 5.32 Å². The second kappa shape index (κ2) is 5.60. The Bertz CT molecular complexity index is 479. The monoisotopic (exact) mass is 311 g/mol. The maximum atomic E-state index is 4.43.